The molecule has 0 aliphatic rings. The summed E-state index contributed by atoms with van der Waals surface area (Å²) in [7, 11) is 0. The molecule has 1 aromatic heterocycles. The van der Waals surface area contributed by atoms with Crippen LogP contribution >= 0.6 is 22.9 Å². The van der Waals surface area contributed by atoms with Crippen LogP contribution in [0.25, 0.3) is 10.1 Å². The summed E-state index contributed by atoms with van der Waals surface area (Å²) in [6.45, 7) is -0.0423. The molecule has 0 atom stereocenters. The molecule has 0 saturated heterocycles. The Morgan fingerprint density at radius 2 is 2.14 bits per heavy atom. The summed E-state index contributed by atoms with van der Waals surface area (Å²) in [6, 6.07) is 5.08. The van der Waals surface area contributed by atoms with Crippen LogP contribution in [0.2, 0.25) is 0 Å². The zero-order valence-electron chi connectivity index (χ0n) is 7.26. The molecule has 0 amide bonds. The maximum Gasteiger partial charge on any atom is 0.177 e. The molecule has 0 unspecified atom stereocenters. The van der Waals surface area contributed by atoms with E-state index in [-0.39, 0.29) is 11.7 Å². The molecule has 0 aliphatic heterocycles. The fourth-order valence-electron chi connectivity index (χ4n) is 1.45. The van der Waals surface area contributed by atoms with Gasteiger partial charge in [0, 0.05) is 10.6 Å². The number of hydrogen-bond acceptors (Lipinski definition) is 2. The molecule has 4 heteroatoms. The van der Waals surface area contributed by atoms with Crippen molar-refractivity contribution in [2.24, 2.45) is 0 Å². The number of aliphatic hydroxyl groups excluding tert-OH is 1. The zero-order valence-corrected chi connectivity index (χ0v) is 8.83. The van der Waals surface area contributed by atoms with E-state index in [4.69, 9.17) is 16.7 Å². The van der Waals surface area contributed by atoms with Gasteiger partial charge in [-0.3, -0.25) is 0 Å². The second kappa shape index (κ2) is 3.85. The number of aliphatic hydroxyl groups is 1. The molecule has 0 saturated carbocycles. The Bertz CT molecular complexity index is 466. The van der Waals surface area contributed by atoms with E-state index in [0.717, 1.165) is 32.5 Å². The van der Waals surface area contributed by atoms with E-state index >= 15 is 0 Å². The second-order valence-corrected chi connectivity index (χ2v) is 4.31. The third-order valence-electron chi connectivity index (χ3n) is 2.08. The van der Waals surface area contributed by atoms with E-state index in [1.807, 2.05) is 6.07 Å². The fourth-order valence-corrected chi connectivity index (χ4v) is 2.56. The predicted octanol–water partition coefficient (Wildman–Crippen LogP) is 3.27. The van der Waals surface area contributed by atoms with Crippen molar-refractivity contribution >= 4 is 33.0 Å². The van der Waals surface area contributed by atoms with E-state index in [1.54, 1.807) is 6.07 Å². The maximum absolute atomic E-state index is 13.0. The van der Waals surface area contributed by atoms with Crippen LogP contribution in [0.4, 0.5) is 4.39 Å². The molecule has 14 heavy (non-hydrogen) atoms. The van der Waals surface area contributed by atoms with Gasteiger partial charge in [-0.2, -0.15) is 4.39 Å². The molecule has 0 spiro atoms. The van der Waals surface area contributed by atoms with Crippen molar-refractivity contribution in [2.75, 3.05) is 0 Å². The van der Waals surface area contributed by atoms with Crippen LogP contribution in [-0.2, 0) is 12.5 Å². The molecule has 1 N–H and O–H groups in total. The topological polar surface area (TPSA) is 20.2 Å². The van der Waals surface area contributed by atoms with Crippen LogP contribution in [0.15, 0.2) is 18.2 Å². The third kappa shape index (κ3) is 1.63. The van der Waals surface area contributed by atoms with E-state index in [0.29, 0.717) is 5.88 Å². The molecule has 74 valence electrons. The minimum Gasteiger partial charge on any atom is -0.392 e. The van der Waals surface area contributed by atoms with Crippen LogP contribution in [0.5, 0.6) is 0 Å². The summed E-state index contributed by atoms with van der Waals surface area (Å²) < 4.78 is 13.8. The van der Waals surface area contributed by atoms with Gasteiger partial charge in [-0.1, -0.05) is 6.07 Å². The first-order valence-corrected chi connectivity index (χ1v) is 5.47. The Morgan fingerprint density at radius 1 is 1.36 bits per heavy atom. The number of halogens is 2. The summed E-state index contributed by atoms with van der Waals surface area (Å²) in [5.74, 6) is 0.334. The van der Waals surface area contributed by atoms with Crippen molar-refractivity contribution in [2.45, 2.75) is 12.5 Å². The largest absolute Gasteiger partial charge is 0.392 e. The normalized spacial score (nSPS) is 11.1. The smallest absolute Gasteiger partial charge is 0.177 e. The lowest BCUT2D eigenvalue weighted by Crippen LogP contribution is -1.86. The van der Waals surface area contributed by atoms with E-state index in [1.165, 1.54) is 6.07 Å². The molecule has 0 fully saturated rings. The highest BCUT2D eigenvalue weighted by Crippen LogP contribution is 2.29. The average molecular weight is 231 g/mol. The van der Waals surface area contributed by atoms with E-state index < -0.39 is 0 Å². The molecule has 1 aromatic carbocycles. The van der Waals surface area contributed by atoms with Gasteiger partial charge in [-0.25, -0.2) is 0 Å². The van der Waals surface area contributed by atoms with Crippen molar-refractivity contribution in [3.63, 3.8) is 0 Å². The minimum absolute atomic E-state index is 0.0423. The molecule has 2 aromatic rings. The minimum atomic E-state index is -0.221. The quantitative estimate of drug-likeness (QED) is 0.786. The monoisotopic (exact) mass is 230 g/mol. The lowest BCUT2D eigenvalue weighted by atomic mass is 10.1. The third-order valence-corrected chi connectivity index (χ3v) is 3.24. The number of fused-ring (bicyclic) bond motifs is 1. The van der Waals surface area contributed by atoms with Crippen LogP contribution in [0, 0.1) is 5.13 Å². The van der Waals surface area contributed by atoms with Crippen molar-refractivity contribution in [3.8, 4) is 0 Å². The van der Waals surface area contributed by atoms with Gasteiger partial charge in [0.15, 0.2) is 5.13 Å². The Morgan fingerprint density at radius 3 is 2.79 bits per heavy atom. The van der Waals surface area contributed by atoms with Crippen LogP contribution in [0.3, 0.4) is 0 Å². The summed E-state index contributed by atoms with van der Waals surface area (Å²) in [6.07, 6.45) is 0. The first-order chi connectivity index (χ1) is 6.74. The van der Waals surface area contributed by atoms with Gasteiger partial charge in [0.05, 0.1) is 6.61 Å². The van der Waals surface area contributed by atoms with E-state index in [2.05, 4.69) is 0 Å². The highest BCUT2D eigenvalue weighted by molar-refractivity contribution is 7.17. The van der Waals surface area contributed by atoms with Crippen LogP contribution in [-0.4, -0.2) is 5.11 Å². The first kappa shape index (κ1) is 9.90. The van der Waals surface area contributed by atoms with Gasteiger partial charge < -0.3 is 5.11 Å². The summed E-state index contributed by atoms with van der Waals surface area (Å²) in [5.41, 5.74) is 1.64. The Balaban J connectivity index is 2.72. The number of alkyl halides is 1. The van der Waals surface area contributed by atoms with Crippen molar-refractivity contribution < 1.29 is 9.50 Å². The average Bonchev–Trinajstić information content (AvgIpc) is 2.56. The number of rotatable bonds is 2. The summed E-state index contributed by atoms with van der Waals surface area (Å²) >= 11 is 6.82. The van der Waals surface area contributed by atoms with Gasteiger partial charge in [0.25, 0.3) is 0 Å². The van der Waals surface area contributed by atoms with Crippen molar-refractivity contribution in [3.05, 3.63) is 34.5 Å². The number of hydrogen-bond donors (Lipinski definition) is 1. The van der Waals surface area contributed by atoms with Gasteiger partial charge in [0.2, 0.25) is 0 Å². The molecule has 0 aliphatic carbocycles. The van der Waals surface area contributed by atoms with Crippen LogP contribution in [0.1, 0.15) is 11.1 Å². The Kier molecular flexibility index (Phi) is 2.72. The number of benzene rings is 1. The SMILES string of the molecule is OCc1cc(CCl)c2cc(F)sc2c1. The first-order valence-electron chi connectivity index (χ1n) is 4.12. The predicted molar refractivity (Wildman–Crippen MR) is 57.3 cm³/mol. The summed E-state index contributed by atoms with van der Waals surface area (Å²) in [4.78, 5) is 0. The second-order valence-electron chi connectivity index (χ2n) is 3.01. The molecule has 0 bridgehead atoms. The zero-order chi connectivity index (χ0) is 10.1. The molecular weight excluding hydrogens is 223 g/mol. The van der Waals surface area contributed by atoms with Gasteiger partial charge >= 0.3 is 0 Å². The lowest BCUT2D eigenvalue weighted by Gasteiger charge is -2.01. The van der Waals surface area contributed by atoms with Gasteiger partial charge in [-0.05, 0) is 28.6 Å². The lowest BCUT2D eigenvalue weighted by molar-refractivity contribution is 0.282. The fraction of sp³-hybridized carbons (Fsp3) is 0.200. The molecule has 0 radical (unpaired) electrons. The molecule has 1 nitrogen and oxygen atoms in total. The van der Waals surface area contributed by atoms with Crippen molar-refractivity contribution in [1.29, 1.82) is 0 Å². The van der Waals surface area contributed by atoms with Crippen molar-refractivity contribution in [1.82, 2.24) is 0 Å². The Hall–Kier alpha value is -0.640. The Labute approximate surface area is 89.7 Å². The molecule has 2 rings (SSSR count). The summed E-state index contributed by atoms with van der Waals surface area (Å²) in [5, 5.41) is 9.62. The standard InChI is InChI=1S/C10H8ClFOS/c11-4-7-1-6(5-13)2-9-8(7)3-10(12)14-9/h1-3,13H,4-5H2. The highest BCUT2D eigenvalue weighted by atomic mass is 35.5. The van der Waals surface area contributed by atoms with E-state index in [9.17, 15) is 4.39 Å². The maximum atomic E-state index is 13.0. The number of thiophene rings is 1. The molecular formula is C10H8ClFOS. The highest BCUT2D eigenvalue weighted by Gasteiger charge is 2.07. The van der Waals surface area contributed by atoms with Crippen LogP contribution < -0.4 is 0 Å². The van der Waals surface area contributed by atoms with Gasteiger partial charge in [-0.15, -0.1) is 22.9 Å². The van der Waals surface area contributed by atoms with Gasteiger partial charge in [0.1, 0.15) is 0 Å². The molecule has 1 heterocycles.